The lowest BCUT2D eigenvalue weighted by Crippen LogP contribution is -2.25. The number of rotatable bonds is 6. The molecule has 3 aromatic rings. The molecule has 1 aliphatic rings. The average molecular weight is 435 g/mol. The van der Waals surface area contributed by atoms with Gasteiger partial charge in [-0.05, 0) is 48.7 Å². The third-order valence-corrected chi connectivity index (χ3v) is 6.28. The van der Waals surface area contributed by atoms with Crippen molar-refractivity contribution in [1.29, 1.82) is 0 Å². The van der Waals surface area contributed by atoms with Crippen LogP contribution in [0, 0.1) is 0 Å². The first kappa shape index (κ1) is 21.1. The standard InChI is InChI=1S/C24H26N4O2S/c29-31(30,19-16-20-8-4-3-5-9-20)27-22-12-10-21(11-13-22)23-14-15-24(26-25-23)28-17-6-1-2-7-18-28/h3-5,8-16,19,27H,1-2,6-7,17-18H2/b19-16+. The number of hydrogen-bond donors (Lipinski definition) is 1. The summed E-state index contributed by atoms with van der Waals surface area (Å²) in [6.45, 7) is 2.06. The molecule has 1 N–H and O–H groups in total. The molecule has 31 heavy (non-hydrogen) atoms. The second-order valence-corrected chi connectivity index (χ2v) is 9.18. The first-order valence-corrected chi connectivity index (χ1v) is 12.1. The second kappa shape index (κ2) is 9.75. The molecule has 0 spiro atoms. The summed E-state index contributed by atoms with van der Waals surface area (Å²) in [5.41, 5.74) is 2.97. The van der Waals surface area contributed by atoms with E-state index >= 15 is 0 Å². The van der Waals surface area contributed by atoms with Crippen molar-refractivity contribution in [2.24, 2.45) is 0 Å². The SMILES string of the molecule is O=S(=O)(/C=C/c1ccccc1)Nc1ccc(-c2ccc(N3CCCCCC3)nn2)cc1. The summed E-state index contributed by atoms with van der Waals surface area (Å²) in [6, 6.07) is 20.4. The largest absolute Gasteiger partial charge is 0.355 e. The molecule has 0 radical (unpaired) electrons. The van der Waals surface area contributed by atoms with Crippen molar-refractivity contribution >= 4 is 27.6 Å². The summed E-state index contributed by atoms with van der Waals surface area (Å²) in [5.74, 6) is 0.917. The smallest absolute Gasteiger partial charge is 0.255 e. The first-order valence-electron chi connectivity index (χ1n) is 10.5. The van der Waals surface area contributed by atoms with Gasteiger partial charge in [0.2, 0.25) is 0 Å². The molecule has 1 aliphatic heterocycles. The van der Waals surface area contributed by atoms with Crippen LogP contribution in [0.15, 0.2) is 72.1 Å². The van der Waals surface area contributed by atoms with Crippen molar-refractivity contribution in [2.45, 2.75) is 25.7 Å². The summed E-state index contributed by atoms with van der Waals surface area (Å²) in [7, 11) is -3.60. The second-order valence-electron chi connectivity index (χ2n) is 7.62. The Morgan fingerprint density at radius 3 is 2.16 bits per heavy atom. The fraction of sp³-hybridized carbons (Fsp3) is 0.250. The molecule has 0 atom stereocenters. The molecule has 0 saturated carbocycles. The average Bonchev–Trinajstić information content (AvgIpc) is 3.09. The highest BCUT2D eigenvalue weighted by Crippen LogP contribution is 2.22. The van der Waals surface area contributed by atoms with E-state index in [2.05, 4.69) is 19.8 Å². The van der Waals surface area contributed by atoms with Crippen LogP contribution < -0.4 is 9.62 Å². The Hall–Kier alpha value is -3.19. The third-order valence-electron chi connectivity index (χ3n) is 5.26. The molecule has 0 bridgehead atoms. The number of aromatic nitrogens is 2. The molecular formula is C24H26N4O2S. The molecule has 0 unspecified atom stereocenters. The van der Waals surface area contributed by atoms with E-state index in [0.717, 1.165) is 35.7 Å². The maximum Gasteiger partial charge on any atom is 0.255 e. The van der Waals surface area contributed by atoms with Gasteiger partial charge >= 0.3 is 0 Å². The number of sulfonamides is 1. The van der Waals surface area contributed by atoms with Crippen molar-refractivity contribution < 1.29 is 8.42 Å². The van der Waals surface area contributed by atoms with Gasteiger partial charge in [0, 0.05) is 24.3 Å². The molecule has 4 rings (SSSR count). The van der Waals surface area contributed by atoms with E-state index in [4.69, 9.17) is 0 Å². The van der Waals surface area contributed by atoms with Crippen LogP contribution in [0.5, 0.6) is 0 Å². The van der Waals surface area contributed by atoms with E-state index in [0.29, 0.717) is 5.69 Å². The Labute approximate surface area is 183 Å². The number of anilines is 2. The van der Waals surface area contributed by atoms with Crippen LogP contribution >= 0.6 is 0 Å². The normalized spacial score (nSPS) is 15.0. The molecule has 7 heteroatoms. The highest BCUT2D eigenvalue weighted by Gasteiger charge is 2.12. The van der Waals surface area contributed by atoms with E-state index in [1.54, 1.807) is 18.2 Å². The predicted octanol–water partition coefficient (Wildman–Crippen LogP) is 4.94. The minimum atomic E-state index is -3.60. The Balaban J connectivity index is 1.41. The Bertz CT molecular complexity index is 1100. The van der Waals surface area contributed by atoms with Gasteiger partial charge in [-0.3, -0.25) is 4.72 Å². The van der Waals surface area contributed by atoms with Crippen molar-refractivity contribution in [2.75, 3.05) is 22.7 Å². The van der Waals surface area contributed by atoms with E-state index in [1.165, 1.54) is 31.1 Å². The predicted molar refractivity (Wildman–Crippen MR) is 126 cm³/mol. The van der Waals surface area contributed by atoms with Crippen LogP contribution in [0.25, 0.3) is 17.3 Å². The van der Waals surface area contributed by atoms with E-state index in [1.807, 2.05) is 54.6 Å². The monoisotopic (exact) mass is 434 g/mol. The zero-order chi connectivity index (χ0) is 21.5. The Kier molecular flexibility index (Phi) is 6.62. The molecule has 0 aliphatic carbocycles. The fourth-order valence-corrected chi connectivity index (χ4v) is 4.46. The molecule has 160 valence electrons. The minimum Gasteiger partial charge on any atom is -0.355 e. The van der Waals surface area contributed by atoms with Crippen molar-refractivity contribution in [1.82, 2.24) is 10.2 Å². The Morgan fingerprint density at radius 1 is 0.806 bits per heavy atom. The molecule has 1 fully saturated rings. The summed E-state index contributed by atoms with van der Waals surface area (Å²) < 4.78 is 27.2. The highest BCUT2D eigenvalue weighted by molar-refractivity contribution is 7.95. The number of nitrogens with one attached hydrogen (secondary N) is 1. The van der Waals surface area contributed by atoms with Crippen LogP contribution in [-0.4, -0.2) is 31.7 Å². The van der Waals surface area contributed by atoms with E-state index < -0.39 is 10.0 Å². The first-order chi connectivity index (χ1) is 15.1. The zero-order valence-corrected chi connectivity index (χ0v) is 18.1. The molecule has 6 nitrogen and oxygen atoms in total. The van der Waals surface area contributed by atoms with E-state index in [9.17, 15) is 8.42 Å². The summed E-state index contributed by atoms with van der Waals surface area (Å²) in [5, 5.41) is 9.96. The lowest BCUT2D eigenvalue weighted by molar-refractivity contribution is 0.609. The minimum absolute atomic E-state index is 0.496. The summed E-state index contributed by atoms with van der Waals surface area (Å²) in [6.07, 6.45) is 6.52. The van der Waals surface area contributed by atoms with Crippen molar-refractivity contribution in [3.8, 4) is 11.3 Å². The van der Waals surface area contributed by atoms with Crippen molar-refractivity contribution in [3.63, 3.8) is 0 Å². The van der Waals surface area contributed by atoms with Gasteiger partial charge in [0.25, 0.3) is 10.0 Å². The van der Waals surface area contributed by atoms with Gasteiger partial charge in [0.1, 0.15) is 0 Å². The van der Waals surface area contributed by atoms with Crippen LogP contribution in [0.1, 0.15) is 31.2 Å². The van der Waals surface area contributed by atoms with Crippen molar-refractivity contribution in [3.05, 3.63) is 77.7 Å². The van der Waals surface area contributed by atoms with Gasteiger partial charge in [0.05, 0.1) is 11.1 Å². The third kappa shape index (κ3) is 5.92. The van der Waals surface area contributed by atoms with Crippen LogP contribution in [0.4, 0.5) is 11.5 Å². The summed E-state index contributed by atoms with van der Waals surface area (Å²) >= 11 is 0. The lowest BCUT2D eigenvalue weighted by atomic mass is 10.1. The molecule has 2 aromatic carbocycles. The molecular weight excluding hydrogens is 408 g/mol. The van der Waals surface area contributed by atoms with Gasteiger partial charge in [-0.25, -0.2) is 8.42 Å². The quantitative estimate of drug-likeness (QED) is 0.595. The van der Waals surface area contributed by atoms with E-state index in [-0.39, 0.29) is 0 Å². The number of benzene rings is 2. The van der Waals surface area contributed by atoms with Crippen LogP contribution in [0.3, 0.4) is 0 Å². The van der Waals surface area contributed by atoms with Gasteiger partial charge in [-0.2, -0.15) is 0 Å². The fourth-order valence-electron chi connectivity index (χ4n) is 3.59. The maximum atomic E-state index is 12.3. The molecule has 0 amide bonds. The maximum absolute atomic E-state index is 12.3. The number of nitrogens with zero attached hydrogens (tertiary/aromatic N) is 3. The van der Waals surface area contributed by atoms with Gasteiger partial charge in [-0.15, -0.1) is 10.2 Å². The lowest BCUT2D eigenvalue weighted by Gasteiger charge is -2.20. The molecule has 2 heterocycles. The summed E-state index contributed by atoms with van der Waals surface area (Å²) in [4.78, 5) is 2.30. The Morgan fingerprint density at radius 2 is 1.52 bits per heavy atom. The molecule has 1 saturated heterocycles. The van der Waals surface area contributed by atoms with Gasteiger partial charge in [-0.1, -0.05) is 55.3 Å². The van der Waals surface area contributed by atoms with Gasteiger partial charge in [0.15, 0.2) is 5.82 Å². The van der Waals surface area contributed by atoms with Crippen LogP contribution in [0.2, 0.25) is 0 Å². The van der Waals surface area contributed by atoms with Gasteiger partial charge < -0.3 is 4.90 Å². The van der Waals surface area contributed by atoms with Crippen LogP contribution in [-0.2, 0) is 10.0 Å². The number of hydrogen-bond acceptors (Lipinski definition) is 5. The molecule has 1 aromatic heterocycles. The zero-order valence-electron chi connectivity index (χ0n) is 17.3. The topological polar surface area (TPSA) is 75.2 Å². The highest BCUT2D eigenvalue weighted by atomic mass is 32.2.